The highest BCUT2D eigenvalue weighted by molar-refractivity contribution is 7.99. The topological polar surface area (TPSA) is 50.1 Å². The van der Waals surface area contributed by atoms with E-state index >= 15 is 0 Å². The van der Waals surface area contributed by atoms with Gasteiger partial charge in [0.1, 0.15) is 6.61 Å². The van der Waals surface area contributed by atoms with Gasteiger partial charge in [-0.25, -0.2) is 0 Å². The summed E-state index contributed by atoms with van der Waals surface area (Å²) in [5.41, 5.74) is 1.25. The molecule has 0 fully saturated rings. The molecule has 112 valence electrons. The van der Waals surface area contributed by atoms with Crippen LogP contribution in [-0.4, -0.2) is 11.7 Å². The molecule has 0 aromatic heterocycles. The SMILES string of the molecule is N#Cc1ccccc1COC(=O)CCSc1ccccc1Cl. The first-order chi connectivity index (χ1) is 10.7. The number of carbonyl (C=O) groups is 1. The van der Waals surface area contributed by atoms with Crippen LogP contribution in [0.15, 0.2) is 53.4 Å². The number of carbonyl (C=O) groups excluding carboxylic acids is 1. The van der Waals surface area contributed by atoms with Gasteiger partial charge in [-0.05, 0) is 18.2 Å². The minimum atomic E-state index is -0.285. The molecule has 3 nitrogen and oxygen atoms in total. The van der Waals surface area contributed by atoms with Crippen LogP contribution in [0, 0.1) is 11.3 Å². The van der Waals surface area contributed by atoms with Crippen molar-refractivity contribution in [1.82, 2.24) is 0 Å². The number of halogens is 1. The molecule has 0 unspecified atom stereocenters. The Bertz CT molecular complexity index is 697. The van der Waals surface area contributed by atoms with Crippen molar-refractivity contribution in [2.75, 3.05) is 5.75 Å². The molecule has 2 rings (SSSR count). The van der Waals surface area contributed by atoms with Crippen molar-refractivity contribution in [2.45, 2.75) is 17.9 Å². The Morgan fingerprint density at radius 3 is 2.68 bits per heavy atom. The number of hydrogen-bond donors (Lipinski definition) is 0. The number of rotatable bonds is 6. The summed E-state index contributed by atoms with van der Waals surface area (Å²) in [6.45, 7) is 0.124. The minimum Gasteiger partial charge on any atom is -0.461 e. The summed E-state index contributed by atoms with van der Waals surface area (Å²) in [6, 6.07) is 16.7. The average Bonchev–Trinajstić information content (AvgIpc) is 2.55. The Labute approximate surface area is 138 Å². The molecule has 22 heavy (non-hydrogen) atoms. The van der Waals surface area contributed by atoms with Crippen molar-refractivity contribution >= 4 is 29.3 Å². The zero-order valence-corrected chi connectivity index (χ0v) is 13.4. The van der Waals surface area contributed by atoms with Crippen LogP contribution in [-0.2, 0) is 16.1 Å². The summed E-state index contributed by atoms with van der Waals surface area (Å²) in [7, 11) is 0. The summed E-state index contributed by atoms with van der Waals surface area (Å²) >= 11 is 7.57. The fourth-order valence-electron chi connectivity index (χ4n) is 1.79. The normalized spacial score (nSPS) is 10.0. The van der Waals surface area contributed by atoms with E-state index in [-0.39, 0.29) is 12.6 Å². The van der Waals surface area contributed by atoms with Crippen molar-refractivity contribution in [3.8, 4) is 6.07 Å². The Morgan fingerprint density at radius 2 is 1.91 bits per heavy atom. The third-order valence-electron chi connectivity index (χ3n) is 2.93. The van der Waals surface area contributed by atoms with Gasteiger partial charge in [0.25, 0.3) is 0 Å². The van der Waals surface area contributed by atoms with E-state index in [1.54, 1.807) is 18.2 Å². The van der Waals surface area contributed by atoms with Crippen LogP contribution in [0.2, 0.25) is 5.02 Å². The molecular formula is C17H14ClNO2S. The number of thioether (sulfide) groups is 1. The third-order valence-corrected chi connectivity index (χ3v) is 4.44. The third kappa shape index (κ3) is 4.80. The molecule has 0 saturated heterocycles. The van der Waals surface area contributed by atoms with Crippen molar-refractivity contribution in [3.63, 3.8) is 0 Å². The lowest BCUT2D eigenvalue weighted by Gasteiger charge is -2.07. The fourth-order valence-corrected chi connectivity index (χ4v) is 2.96. The number of ether oxygens (including phenoxy) is 1. The molecule has 0 aliphatic carbocycles. The van der Waals surface area contributed by atoms with Crippen molar-refractivity contribution < 1.29 is 9.53 Å². The van der Waals surface area contributed by atoms with E-state index in [0.29, 0.717) is 22.8 Å². The number of nitriles is 1. The van der Waals surface area contributed by atoms with Crippen molar-refractivity contribution in [1.29, 1.82) is 5.26 Å². The average molecular weight is 332 g/mol. The molecule has 0 aliphatic heterocycles. The highest BCUT2D eigenvalue weighted by atomic mass is 35.5. The van der Waals surface area contributed by atoms with Gasteiger partial charge in [0.05, 0.1) is 23.1 Å². The first-order valence-electron chi connectivity index (χ1n) is 6.71. The van der Waals surface area contributed by atoms with E-state index < -0.39 is 0 Å². The van der Waals surface area contributed by atoms with Crippen molar-refractivity contribution in [2.24, 2.45) is 0 Å². The highest BCUT2D eigenvalue weighted by Crippen LogP contribution is 2.27. The van der Waals surface area contributed by atoms with Crippen LogP contribution in [0.4, 0.5) is 0 Å². The number of nitrogens with zero attached hydrogens (tertiary/aromatic N) is 1. The maximum atomic E-state index is 11.7. The summed E-state index contributed by atoms with van der Waals surface area (Å²) < 4.78 is 5.20. The summed E-state index contributed by atoms with van der Waals surface area (Å²) in [5.74, 6) is 0.315. The quantitative estimate of drug-likeness (QED) is 0.580. The standard InChI is InChI=1S/C17H14ClNO2S/c18-15-7-3-4-8-16(15)22-10-9-17(20)21-12-14-6-2-1-5-13(14)11-19/h1-8H,9-10,12H2. The van der Waals surface area contributed by atoms with Gasteiger partial charge in [-0.2, -0.15) is 5.26 Å². The van der Waals surface area contributed by atoms with Crippen molar-refractivity contribution in [3.05, 3.63) is 64.7 Å². The van der Waals surface area contributed by atoms with E-state index in [9.17, 15) is 4.79 Å². The number of hydrogen-bond acceptors (Lipinski definition) is 4. The maximum Gasteiger partial charge on any atom is 0.306 e. The summed E-state index contributed by atoms with van der Waals surface area (Å²) in [5, 5.41) is 9.65. The smallest absolute Gasteiger partial charge is 0.306 e. The second-order valence-electron chi connectivity index (χ2n) is 4.46. The lowest BCUT2D eigenvalue weighted by Crippen LogP contribution is -2.06. The molecule has 0 saturated carbocycles. The zero-order valence-electron chi connectivity index (χ0n) is 11.8. The van der Waals surface area contributed by atoms with Crippen LogP contribution < -0.4 is 0 Å². The molecule has 0 atom stereocenters. The monoisotopic (exact) mass is 331 g/mol. The molecule has 0 aliphatic rings. The van der Waals surface area contributed by atoms with Gasteiger partial charge >= 0.3 is 5.97 Å². The maximum absolute atomic E-state index is 11.7. The Hall–Kier alpha value is -1.96. The van der Waals surface area contributed by atoms with Gasteiger partial charge in [0.15, 0.2) is 0 Å². The second-order valence-corrected chi connectivity index (χ2v) is 6.00. The van der Waals surface area contributed by atoms with E-state index in [1.807, 2.05) is 30.3 Å². The molecule has 5 heteroatoms. The minimum absolute atomic E-state index is 0.124. The molecule has 0 spiro atoms. The van der Waals surface area contributed by atoms with Gasteiger partial charge in [-0.1, -0.05) is 41.9 Å². The van der Waals surface area contributed by atoms with E-state index in [0.717, 1.165) is 10.5 Å². The molecule has 0 heterocycles. The summed E-state index contributed by atoms with van der Waals surface area (Å²) in [6.07, 6.45) is 0.296. The first kappa shape index (κ1) is 16.4. The molecule has 0 radical (unpaired) electrons. The zero-order chi connectivity index (χ0) is 15.8. The lowest BCUT2D eigenvalue weighted by molar-refractivity contribution is -0.144. The van der Waals surface area contributed by atoms with Gasteiger partial charge < -0.3 is 4.74 Å². The largest absolute Gasteiger partial charge is 0.461 e. The van der Waals surface area contributed by atoms with Crippen LogP contribution in [0.5, 0.6) is 0 Å². The summed E-state index contributed by atoms with van der Waals surface area (Å²) in [4.78, 5) is 12.7. The predicted molar refractivity (Wildman–Crippen MR) is 87.7 cm³/mol. The molecule has 0 N–H and O–H groups in total. The van der Waals surface area contributed by atoms with Gasteiger partial charge in [-0.3, -0.25) is 4.79 Å². The Kier molecular flexibility index (Phi) is 6.32. The lowest BCUT2D eigenvalue weighted by atomic mass is 10.1. The Morgan fingerprint density at radius 1 is 1.18 bits per heavy atom. The fraction of sp³-hybridized carbons (Fsp3) is 0.176. The Balaban J connectivity index is 1.77. The van der Waals surface area contributed by atoms with Crippen LogP contribution in [0.1, 0.15) is 17.5 Å². The molecule has 2 aromatic rings. The van der Waals surface area contributed by atoms with Crippen LogP contribution >= 0.6 is 23.4 Å². The van der Waals surface area contributed by atoms with E-state index in [2.05, 4.69) is 6.07 Å². The van der Waals surface area contributed by atoms with E-state index in [4.69, 9.17) is 21.6 Å². The first-order valence-corrected chi connectivity index (χ1v) is 8.08. The van der Waals surface area contributed by atoms with Gasteiger partial charge in [0.2, 0.25) is 0 Å². The number of benzene rings is 2. The van der Waals surface area contributed by atoms with Crippen LogP contribution in [0.25, 0.3) is 0 Å². The second kappa shape index (κ2) is 8.47. The van der Waals surface area contributed by atoms with Crippen LogP contribution in [0.3, 0.4) is 0 Å². The molecule has 0 amide bonds. The van der Waals surface area contributed by atoms with E-state index in [1.165, 1.54) is 11.8 Å². The molecular weight excluding hydrogens is 318 g/mol. The predicted octanol–water partition coefficient (Wildman–Crippen LogP) is 4.44. The molecule has 0 bridgehead atoms. The molecule has 2 aromatic carbocycles. The number of esters is 1. The van der Waals surface area contributed by atoms with Gasteiger partial charge in [-0.15, -0.1) is 11.8 Å². The van der Waals surface area contributed by atoms with Gasteiger partial charge in [0, 0.05) is 16.2 Å². The highest BCUT2D eigenvalue weighted by Gasteiger charge is 2.07.